The first kappa shape index (κ1) is 13.4. The third kappa shape index (κ3) is 3.21. The van der Waals surface area contributed by atoms with Gasteiger partial charge in [-0.3, -0.25) is 0 Å². The van der Waals surface area contributed by atoms with Crippen LogP contribution in [-0.2, 0) is 19.5 Å². The number of carboxylic acid groups (broad SMARTS) is 2. The summed E-state index contributed by atoms with van der Waals surface area (Å²) in [5, 5.41) is 23.2. The summed E-state index contributed by atoms with van der Waals surface area (Å²) in [6, 6.07) is 2.66. The Morgan fingerprint density at radius 2 is 1.40 bits per heavy atom. The molecule has 72 valence electrons. The Morgan fingerprint density at radius 3 is 1.67 bits per heavy atom. The Kier molecular flexibility index (Phi) is 4.74. The fourth-order valence-electron chi connectivity index (χ4n) is 0.900. The third-order valence-electron chi connectivity index (χ3n) is 1.49. The number of aromatic carboxylic acids is 2. The minimum absolute atomic E-state index is 0. The molecule has 0 amide bonds. The molecule has 6 nitrogen and oxygen atoms in total. The molecule has 1 aromatic carbocycles. The van der Waals surface area contributed by atoms with E-state index in [4.69, 9.17) is 0 Å². The van der Waals surface area contributed by atoms with Crippen LogP contribution in [0.15, 0.2) is 23.4 Å². The van der Waals surface area contributed by atoms with Crippen molar-refractivity contribution in [3.8, 4) is 0 Å². The van der Waals surface area contributed by atoms with E-state index in [-0.39, 0.29) is 25.2 Å². The smallest absolute Gasteiger partial charge is 0.545 e. The second-order valence-corrected chi connectivity index (χ2v) is 2.43. The van der Waals surface area contributed by atoms with Crippen molar-refractivity contribution in [2.45, 2.75) is 0 Å². The molecular weight excluding hydrogens is 255 g/mol. The van der Waals surface area contributed by atoms with E-state index >= 15 is 0 Å². The maximum atomic E-state index is 10.4. The number of nitrogens with zero attached hydrogens (tertiary/aromatic N) is 1. The molecule has 0 aromatic heterocycles. The predicted octanol–water partition coefficient (Wildman–Crippen LogP) is -1.19. The SMILES string of the molecule is O=Nc1cc(C(=O)[O-])cc(C(=O)[O-])c1.[Zn+2]. The minimum atomic E-state index is -1.59. The molecule has 0 N–H and O–H groups in total. The van der Waals surface area contributed by atoms with E-state index < -0.39 is 23.1 Å². The molecule has 7 heteroatoms. The maximum Gasteiger partial charge on any atom is 2.00 e. The molecule has 0 fully saturated rings. The van der Waals surface area contributed by atoms with Gasteiger partial charge in [0, 0.05) is 11.1 Å². The average molecular weight is 259 g/mol. The summed E-state index contributed by atoms with van der Waals surface area (Å²) in [4.78, 5) is 30.8. The van der Waals surface area contributed by atoms with Crippen molar-refractivity contribution in [3.05, 3.63) is 34.2 Å². The van der Waals surface area contributed by atoms with Crippen molar-refractivity contribution in [1.82, 2.24) is 0 Å². The molecule has 0 saturated carbocycles. The molecule has 0 radical (unpaired) electrons. The van der Waals surface area contributed by atoms with E-state index in [0.717, 1.165) is 18.2 Å². The van der Waals surface area contributed by atoms with Crippen LogP contribution in [0, 0.1) is 4.91 Å². The molecule has 0 saturated heterocycles. The number of hydrogen-bond acceptors (Lipinski definition) is 6. The van der Waals surface area contributed by atoms with Crippen LogP contribution in [-0.4, -0.2) is 11.9 Å². The molecule has 15 heavy (non-hydrogen) atoms. The van der Waals surface area contributed by atoms with Crippen molar-refractivity contribution in [2.24, 2.45) is 5.18 Å². The Labute approximate surface area is 96.7 Å². The number of hydrogen-bond donors (Lipinski definition) is 0. The van der Waals surface area contributed by atoms with Crippen LogP contribution in [0.5, 0.6) is 0 Å². The summed E-state index contributed by atoms with van der Waals surface area (Å²) in [6.07, 6.45) is 0. The number of nitroso groups, excluding NO2 is 1. The second-order valence-electron chi connectivity index (χ2n) is 2.43. The molecule has 0 atom stereocenters. The van der Waals surface area contributed by atoms with Crippen LogP contribution in [0.4, 0.5) is 5.69 Å². The molecule has 0 bridgehead atoms. The first-order chi connectivity index (χ1) is 6.54. The molecule has 0 unspecified atom stereocenters. The van der Waals surface area contributed by atoms with E-state index in [2.05, 4.69) is 5.18 Å². The van der Waals surface area contributed by atoms with Crippen molar-refractivity contribution in [2.75, 3.05) is 0 Å². The number of rotatable bonds is 3. The molecule has 1 aromatic rings. The standard InChI is InChI=1S/C8H5NO5.Zn/c10-7(11)4-1-5(8(12)13)3-6(2-4)9-14;/h1-3H,(H,10,11)(H,12,13);/q;+2/p-2. The Hall–Kier alpha value is -1.62. The van der Waals surface area contributed by atoms with E-state index in [9.17, 15) is 24.7 Å². The third-order valence-corrected chi connectivity index (χ3v) is 1.49. The molecule has 0 aliphatic heterocycles. The molecule has 0 spiro atoms. The number of carbonyl (C=O) groups excluding carboxylic acids is 2. The van der Waals surface area contributed by atoms with Gasteiger partial charge in [0.05, 0.1) is 11.9 Å². The number of carboxylic acids is 2. The molecule has 0 aliphatic carbocycles. The summed E-state index contributed by atoms with van der Waals surface area (Å²) in [6.45, 7) is 0. The number of benzene rings is 1. The van der Waals surface area contributed by atoms with Crippen LogP contribution >= 0.6 is 0 Å². The first-order valence-corrected chi connectivity index (χ1v) is 3.45. The van der Waals surface area contributed by atoms with E-state index in [0.29, 0.717) is 0 Å². The van der Waals surface area contributed by atoms with Crippen molar-refractivity contribution in [1.29, 1.82) is 0 Å². The zero-order chi connectivity index (χ0) is 10.7. The van der Waals surface area contributed by atoms with Crippen molar-refractivity contribution in [3.63, 3.8) is 0 Å². The normalized spacial score (nSPS) is 8.80. The fraction of sp³-hybridized carbons (Fsp3) is 0. The van der Waals surface area contributed by atoms with Crippen molar-refractivity contribution >= 4 is 17.6 Å². The van der Waals surface area contributed by atoms with E-state index in [1.165, 1.54) is 0 Å². The minimum Gasteiger partial charge on any atom is -0.545 e. The van der Waals surface area contributed by atoms with Crippen LogP contribution in [0.25, 0.3) is 0 Å². The van der Waals surface area contributed by atoms with Gasteiger partial charge in [0.15, 0.2) is 0 Å². The molecule has 1 rings (SSSR count). The van der Waals surface area contributed by atoms with E-state index in [1.807, 2.05) is 0 Å². The quantitative estimate of drug-likeness (QED) is 0.500. The topological polar surface area (TPSA) is 110 Å². The average Bonchev–Trinajstić information content (AvgIpc) is 2.16. The van der Waals surface area contributed by atoms with Crippen molar-refractivity contribution < 1.29 is 39.3 Å². The monoisotopic (exact) mass is 257 g/mol. The number of carbonyl (C=O) groups is 2. The van der Waals surface area contributed by atoms with Gasteiger partial charge in [0.2, 0.25) is 0 Å². The molecular formula is C8H3NO5Zn. The van der Waals surface area contributed by atoms with Crippen LogP contribution in [0.1, 0.15) is 20.7 Å². The van der Waals surface area contributed by atoms with Gasteiger partial charge in [-0.05, 0) is 23.4 Å². The zero-order valence-corrected chi connectivity index (χ0v) is 10.4. The van der Waals surface area contributed by atoms with Gasteiger partial charge in [-0.1, -0.05) is 0 Å². The summed E-state index contributed by atoms with van der Waals surface area (Å²) >= 11 is 0. The van der Waals surface area contributed by atoms with Crippen LogP contribution in [0.3, 0.4) is 0 Å². The van der Waals surface area contributed by atoms with Gasteiger partial charge in [-0.15, -0.1) is 4.91 Å². The van der Waals surface area contributed by atoms with Gasteiger partial charge >= 0.3 is 19.5 Å². The zero-order valence-electron chi connectivity index (χ0n) is 7.43. The fourth-order valence-corrected chi connectivity index (χ4v) is 0.900. The Balaban J connectivity index is 0.00000196. The molecule has 0 aliphatic rings. The van der Waals surface area contributed by atoms with Gasteiger partial charge in [-0.25, -0.2) is 0 Å². The second kappa shape index (κ2) is 5.31. The largest absolute Gasteiger partial charge is 2.00 e. The summed E-state index contributed by atoms with van der Waals surface area (Å²) in [5.74, 6) is -3.17. The first-order valence-electron chi connectivity index (χ1n) is 3.45. The predicted molar refractivity (Wildman–Crippen MR) is 40.6 cm³/mol. The van der Waals surface area contributed by atoms with Gasteiger partial charge < -0.3 is 19.8 Å². The van der Waals surface area contributed by atoms with Gasteiger partial charge in [0.1, 0.15) is 5.69 Å². The Bertz CT molecular complexity index is 385. The van der Waals surface area contributed by atoms with Crippen LogP contribution in [0.2, 0.25) is 0 Å². The maximum absolute atomic E-state index is 10.4. The summed E-state index contributed by atoms with van der Waals surface area (Å²) in [5.41, 5.74) is -1.16. The Morgan fingerprint density at radius 1 is 1.00 bits per heavy atom. The van der Waals surface area contributed by atoms with Gasteiger partial charge in [0.25, 0.3) is 0 Å². The van der Waals surface area contributed by atoms with Crippen LogP contribution < -0.4 is 10.2 Å². The van der Waals surface area contributed by atoms with E-state index in [1.54, 1.807) is 0 Å². The summed E-state index contributed by atoms with van der Waals surface area (Å²) in [7, 11) is 0. The van der Waals surface area contributed by atoms with Gasteiger partial charge in [-0.2, -0.15) is 0 Å². The summed E-state index contributed by atoms with van der Waals surface area (Å²) < 4.78 is 0. The molecule has 0 heterocycles.